The highest BCUT2D eigenvalue weighted by Gasteiger charge is 2.20. The van der Waals surface area contributed by atoms with Crippen LogP contribution in [0.3, 0.4) is 0 Å². The topological polar surface area (TPSA) is 84.2 Å². The lowest BCUT2D eigenvalue weighted by Crippen LogP contribution is -2.27. The summed E-state index contributed by atoms with van der Waals surface area (Å²) in [5.74, 6) is -2.84. The highest BCUT2D eigenvalue weighted by Crippen LogP contribution is 2.31. The van der Waals surface area contributed by atoms with Gasteiger partial charge in [0.2, 0.25) is 0 Å². The van der Waals surface area contributed by atoms with Crippen LogP contribution in [-0.2, 0) is 6.54 Å². The van der Waals surface area contributed by atoms with E-state index in [9.17, 15) is 23.5 Å². The number of aromatic carboxylic acids is 1. The van der Waals surface area contributed by atoms with E-state index in [1.807, 2.05) is 53.2 Å². The Bertz CT molecular complexity index is 1960. The van der Waals surface area contributed by atoms with Crippen LogP contribution in [0.15, 0.2) is 103 Å². The van der Waals surface area contributed by atoms with Crippen LogP contribution < -0.4 is 5.32 Å². The minimum Gasteiger partial charge on any atom is -0.478 e. The monoisotopic (exact) mass is 561 g/mol. The zero-order valence-electron chi connectivity index (χ0n) is 22.5. The zero-order valence-corrected chi connectivity index (χ0v) is 22.5. The molecule has 0 fully saturated rings. The number of pyridine rings is 1. The van der Waals surface area contributed by atoms with E-state index in [-0.39, 0.29) is 11.5 Å². The van der Waals surface area contributed by atoms with E-state index in [4.69, 9.17) is 0 Å². The molecule has 0 radical (unpaired) electrons. The fourth-order valence-electron chi connectivity index (χ4n) is 5.22. The highest BCUT2D eigenvalue weighted by atomic mass is 19.1. The van der Waals surface area contributed by atoms with Crippen molar-refractivity contribution < 1.29 is 23.5 Å². The molecule has 6 aromatic rings. The molecule has 0 saturated carbocycles. The molecule has 1 amide bonds. The predicted octanol–water partition coefficient (Wildman–Crippen LogP) is 7.37. The molecule has 0 aliphatic carbocycles. The summed E-state index contributed by atoms with van der Waals surface area (Å²) in [5, 5.41) is 14.0. The first-order valence-corrected chi connectivity index (χ1v) is 13.3. The number of aromatic nitrogens is 2. The van der Waals surface area contributed by atoms with Gasteiger partial charge in [-0.25, -0.2) is 13.6 Å². The van der Waals surface area contributed by atoms with Gasteiger partial charge in [0.15, 0.2) is 0 Å². The summed E-state index contributed by atoms with van der Waals surface area (Å²) in [6.07, 6.45) is 3.63. The molecule has 2 heterocycles. The van der Waals surface area contributed by atoms with Crippen molar-refractivity contribution in [3.05, 3.63) is 137 Å². The third-order valence-electron chi connectivity index (χ3n) is 7.33. The summed E-state index contributed by atoms with van der Waals surface area (Å²) in [4.78, 5) is 29.5. The van der Waals surface area contributed by atoms with Gasteiger partial charge in [0, 0.05) is 35.8 Å². The molecule has 0 aliphatic rings. The number of carbonyl (C=O) groups excluding carboxylic acids is 1. The minimum atomic E-state index is -1.03. The second kappa shape index (κ2) is 10.9. The molecule has 2 N–H and O–H groups in total. The van der Waals surface area contributed by atoms with Crippen molar-refractivity contribution in [2.24, 2.45) is 0 Å². The molecule has 0 bridgehead atoms. The van der Waals surface area contributed by atoms with Crippen molar-refractivity contribution >= 4 is 33.7 Å². The number of fused-ring (bicyclic) bond motifs is 2. The number of amides is 1. The van der Waals surface area contributed by atoms with Gasteiger partial charge in [-0.2, -0.15) is 0 Å². The lowest BCUT2D eigenvalue weighted by Gasteiger charge is -2.17. The number of nitrogens with zero attached hydrogens (tertiary/aromatic N) is 2. The molecule has 4 aromatic carbocycles. The Morgan fingerprint density at radius 2 is 1.62 bits per heavy atom. The van der Waals surface area contributed by atoms with Crippen LogP contribution >= 0.6 is 0 Å². The third kappa shape index (κ3) is 5.34. The first-order valence-electron chi connectivity index (χ1n) is 13.3. The summed E-state index contributed by atoms with van der Waals surface area (Å²) < 4.78 is 30.2. The van der Waals surface area contributed by atoms with Crippen LogP contribution in [0.1, 0.15) is 44.8 Å². The molecule has 8 heteroatoms. The molecule has 1 atom stereocenters. The number of rotatable bonds is 7. The number of hydrogen-bond acceptors (Lipinski definition) is 3. The molecule has 208 valence electrons. The quantitative estimate of drug-likeness (QED) is 0.213. The number of carboxylic acid groups (broad SMARTS) is 1. The Morgan fingerprint density at radius 1 is 0.881 bits per heavy atom. The zero-order chi connectivity index (χ0) is 29.4. The van der Waals surface area contributed by atoms with E-state index >= 15 is 0 Å². The Balaban J connectivity index is 1.41. The van der Waals surface area contributed by atoms with Gasteiger partial charge < -0.3 is 15.0 Å². The predicted molar refractivity (Wildman–Crippen MR) is 157 cm³/mol. The van der Waals surface area contributed by atoms with Gasteiger partial charge >= 0.3 is 5.97 Å². The Morgan fingerprint density at radius 3 is 2.36 bits per heavy atom. The van der Waals surface area contributed by atoms with Gasteiger partial charge in [-0.05, 0) is 83.8 Å². The normalized spacial score (nSPS) is 12.0. The van der Waals surface area contributed by atoms with Gasteiger partial charge in [0.1, 0.15) is 11.6 Å². The summed E-state index contributed by atoms with van der Waals surface area (Å²) in [7, 11) is 0. The van der Waals surface area contributed by atoms with Crippen molar-refractivity contribution in [3.63, 3.8) is 0 Å². The molecule has 0 spiro atoms. The molecule has 2 aromatic heterocycles. The maximum atomic E-state index is 14.1. The van der Waals surface area contributed by atoms with Crippen LogP contribution in [0.4, 0.5) is 8.78 Å². The highest BCUT2D eigenvalue weighted by molar-refractivity contribution is 6.08. The Hall–Kier alpha value is -5.37. The molecule has 42 heavy (non-hydrogen) atoms. The van der Waals surface area contributed by atoms with E-state index in [1.165, 1.54) is 24.3 Å². The number of hydrogen-bond donors (Lipinski definition) is 2. The molecule has 6 rings (SSSR count). The second-order valence-corrected chi connectivity index (χ2v) is 10.2. The van der Waals surface area contributed by atoms with E-state index in [2.05, 4.69) is 10.3 Å². The smallest absolute Gasteiger partial charge is 0.335 e. The van der Waals surface area contributed by atoms with Crippen LogP contribution in [0.5, 0.6) is 0 Å². The van der Waals surface area contributed by atoms with E-state index in [0.717, 1.165) is 33.5 Å². The van der Waals surface area contributed by atoms with Gasteiger partial charge in [-0.1, -0.05) is 30.3 Å². The van der Waals surface area contributed by atoms with Crippen molar-refractivity contribution in [3.8, 4) is 11.1 Å². The van der Waals surface area contributed by atoms with Crippen LogP contribution in [0, 0.1) is 11.6 Å². The minimum absolute atomic E-state index is 0.149. The Kier molecular flexibility index (Phi) is 6.96. The summed E-state index contributed by atoms with van der Waals surface area (Å²) >= 11 is 0. The maximum absolute atomic E-state index is 14.1. The largest absolute Gasteiger partial charge is 0.478 e. The van der Waals surface area contributed by atoms with Crippen molar-refractivity contribution in [2.45, 2.75) is 19.5 Å². The number of carbonyl (C=O) groups is 2. The van der Waals surface area contributed by atoms with Crippen LogP contribution in [0.2, 0.25) is 0 Å². The third-order valence-corrected chi connectivity index (χ3v) is 7.33. The maximum Gasteiger partial charge on any atom is 0.335 e. The molecule has 6 nitrogen and oxygen atoms in total. The van der Waals surface area contributed by atoms with Gasteiger partial charge in [-0.15, -0.1) is 0 Å². The number of nitrogens with one attached hydrogen (secondary N) is 1. The van der Waals surface area contributed by atoms with Crippen molar-refractivity contribution in [1.82, 2.24) is 14.9 Å². The lowest BCUT2D eigenvalue weighted by atomic mass is 9.99. The first kappa shape index (κ1) is 26.8. The van der Waals surface area contributed by atoms with E-state index in [1.54, 1.807) is 31.3 Å². The molecular formula is C34H25F2N3O3. The fraction of sp³-hybridized carbons (Fsp3) is 0.0882. The fourth-order valence-corrected chi connectivity index (χ4v) is 5.22. The molecule has 0 unspecified atom stereocenters. The average molecular weight is 562 g/mol. The second-order valence-electron chi connectivity index (χ2n) is 10.2. The van der Waals surface area contributed by atoms with E-state index < -0.39 is 23.6 Å². The SMILES string of the molecule is C[C@H](NC(=O)c1cc(-c2cc(F)cc(F)c2)cc2ccn(Cc3ccc4cccnc4c3)c12)c1ccc(C(=O)O)cc1. The van der Waals surface area contributed by atoms with Gasteiger partial charge in [0.05, 0.1) is 28.2 Å². The first-order chi connectivity index (χ1) is 20.2. The molecule has 0 aliphatic heterocycles. The van der Waals surface area contributed by atoms with Crippen molar-refractivity contribution in [1.29, 1.82) is 0 Å². The summed E-state index contributed by atoms with van der Waals surface area (Å²) in [6, 6.07) is 24.4. The molecular weight excluding hydrogens is 536 g/mol. The van der Waals surface area contributed by atoms with Gasteiger partial charge in [0.25, 0.3) is 5.91 Å². The Labute approximate surface area is 239 Å². The molecule has 0 saturated heterocycles. The lowest BCUT2D eigenvalue weighted by molar-refractivity contribution is 0.0696. The summed E-state index contributed by atoms with van der Waals surface area (Å²) in [6.45, 7) is 2.27. The van der Waals surface area contributed by atoms with Crippen LogP contribution in [0.25, 0.3) is 32.9 Å². The van der Waals surface area contributed by atoms with Crippen LogP contribution in [-0.4, -0.2) is 26.5 Å². The van der Waals surface area contributed by atoms with Crippen molar-refractivity contribution in [2.75, 3.05) is 0 Å². The summed E-state index contributed by atoms with van der Waals surface area (Å²) in [5.41, 5.74) is 4.55. The number of halogens is 2. The number of carboxylic acids is 1. The van der Waals surface area contributed by atoms with Gasteiger partial charge in [-0.3, -0.25) is 9.78 Å². The van der Waals surface area contributed by atoms with E-state index in [0.29, 0.717) is 28.8 Å². The number of benzene rings is 4. The standard InChI is InChI=1S/C34H25F2N3O3/c1-20(22-6-8-24(9-7-22)34(41)42)38-33(40)30-17-26(27-15-28(35)18-29(36)16-27)14-25-10-12-39(32(25)30)19-21-4-5-23-3-2-11-37-31(23)13-21/h2-18,20H,19H2,1H3,(H,38,40)(H,41,42)/t20-/m0/s1. The average Bonchev–Trinajstić information content (AvgIpc) is 3.38.